The molecule has 3 nitrogen and oxygen atoms in total. The fraction of sp³-hybridized carbons (Fsp3) is 0.357. The van der Waals surface area contributed by atoms with Crippen LogP contribution in [0.15, 0.2) is 29.6 Å². The van der Waals surface area contributed by atoms with Crippen molar-refractivity contribution in [3.8, 4) is 0 Å². The van der Waals surface area contributed by atoms with Gasteiger partial charge in [-0.25, -0.2) is 0 Å². The lowest BCUT2D eigenvalue weighted by molar-refractivity contribution is 0.0771. The van der Waals surface area contributed by atoms with Crippen molar-refractivity contribution in [2.24, 2.45) is 0 Å². The minimum absolute atomic E-state index is 0.0214. The second-order valence-corrected chi connectivity index (χ2v) is 5.42. The average molecular weight is 263 g/mol. The maximum absolute atomic E-state index is 12.3. The van der Waals surface area contributed by atoms with E-state index in [0.717, 1.165) is 15.6 Å². The van der Waals surface area contributed by atoms with Gasteiger partial charge in [0.05, 0.1) is 11.7 Å². The monoisotopic (exact) mass is 263 g/mol. The number of aliphatic hydroxyl groups excluding tert-OH is 1. The SMILES string of the molecule is CC(O)CCN(C)C(=O)c1csc2ccccc12. The van der Waals surface area contributed by atoms with Crippen molar-refractivity contribution >= 4 is 27.3 Å². The Bertz CT molecular complexity index is 547. The number of carbonyl (C=O) groups is 1. The standard InChI is InChI=1S/C14H17NO2S/c1-10(16)7-8-15(2)14(17)12-9-18-13-6-4-3-5-11(12)13/h3-6,9-10,16H,7-8H2,1-2H3. The molecular formula is C14H17NO2S. The summed E-state index contributed by atoms with van der Waals surface area (Å²) in [7, 11) is 1.77. The van der Waals surface area contributed by atoms with Gasteiger partial charge in [0, 0.05) is 29.1 Å². The van der Waals surface area contributed by atoms with Gasteiger partial charge in [0.15, 0.2) is 0 Å². The number of rotatable bonds is 4. The van der Waals surface area contributed by atoms with E-state index in [2.05, 4.69) is 0 Å². The fourth-order valence-corrected chi connectivity index (χ4v) is 2.77. The lowest BCUT2D eigenvalue weighted by Crippen LogP contribution is -2.29. The number of nitrogens with zero attached hydrogens (tertiary/aromatic N) is 1. The number of carbonyl (C=O) groups excluding carboxylic acids is 1. The van der Waals surface area contributed by atoms with E-state index in [4.69, 9.17) is 0 Å². The van der Waals surface area contributed by atoms with Gasteiger partial charge in [0.2, 0.25) is 0 Å². The predicted molar refractivity (Wildman–Crippen MR) is 75.1 cm³/mol. The Morgan fingerprint density at radius 2 is 2.17 bits per heavy atom. The second-order valence-electron chi connectivity index (χ2n) is 4.51. The quantitative estimate of drug-likeness (QED) is 0.921. The highest BCUT2D eigenvalue weighted by Gasteiger charge is 2.16. The van der Waals surface area contributed by atoms with Crippen molar-refractivity contribution in [3.05, 3.63) is 35.2 Å². The number of fused-ring (bicyclic) bond motifs is 1. The van der Waals surface area contributed by atoms with Crippen molar-refractivity contribution in [2.45, 2.75) is 19.4 Å². The van der Waals surface area contributed by atoms with Crippen molar-refractivity contribution in [1.82, 2.24) is 4.90 Å². The minimum Gasteiger partial charge on any atom is -0.393 e. The zero-order chi connectivity index (χ0) is 13.1. The highest BCUT2D eigenvalue weighted by Crippen LogP contribution is 2.26. The Morgan fingerprint density at radius 1 is 1.44 bits per heavy atom. The molecular weight excluding hydrogens is 246 g/mol. The van der Waals surface area contributed by atoms with Crippen LogP contribution in [0.5, 0.6) is 0 Å². The Kier molecular flexibility index (Phi) is 3.99. The van der Waals surface area contributed by atoms with Crippen LogP contribution in [-0.4, -0.2) is 35.6 Å². The van der Waals surface area contributed by atoms with Gasteiger partial charge in [-0.15, -0.1) is 11.3 Å². The normalized spacial score (nSPS) is 12.6. The van der Waals surface area contributed by atoms with E-state index in [0.29, 0.717) is 13.0 Å². The lowest BCUT2D eigenvalue weighted by atomic mass is 10.1. The molecule has 2 aromatic rings. The van der Waals surface area contributed by atoms with E-state index in [1.165, 1.54) is 0 Å². The number of amides is 1. The maximum atomic E-state index is 12.3. The first-order chi connectivity index (χ1) is 8.59. The van der Waals surface area contributed by atoms with Gasteiger partial charge in [0.25, 0.3) is 5.91 Å². The summed E-state index contributed by atoms with van der Waals surface area (Å²) in [5, 5.41) is 12.2. The molecule has 0 saturated carbocycles. The van der Waals surface area contributed by atoms with Crippen LogP contribution in [-0.2, 0) is 0 Å². The molecule has 0 bridgehead atoms. The molecule has 2 rings (SSSR count). The van der Waals surface area contributed by atoms with Crippen molar-refractivity contribution < 1.29 is 9.90 Å². The van der Waals surface area contributed by atoms with E-state index >= 15 is 0 Å². The third-order valence-electron chi connectivity index (χ3n) is 2.94. The number of benzene rings is 1. The first-order valence-electron chi connectivity index (χ1n) is 5.99. The van der Waals surface area contributed by atoms with Crippen LogP contribution in [0, 0.1) is 0 Å². The zero-order valence-corrected chi connectivity index (χ0v) is 11.4. The number of aliphatic hydroxyl groups is 1. The topological polar surface area (TPSA) is 40.5 Å². The number of thiophene rings is 1. The van der Waals surface area contributed by atoms with Crippen LogP contribution < -0.4 is 0 Å². The summed E-state index contributed by atoms with van der Waals surface area (Å²) in [5.41, 5.74) is 0.753. The zero-order valence-electron chi connectivity index (χ0n) is 10.6. The molecule has 1 aromatic carbocycles. The van der Waals surface area contributed by atoms with Crippen LogP contribution in [0.1, 0.15) is 23.7 Å². The first-order valence-corrected chi connectivity index (χ1v) is 6.87. The minimum atomic E-state index is -0.375. The molecule has 0 saturated heterocycles. The van der Waals surface area contributed by atoms with Crippen molar-refractivity contribution in [2.75, 3.05) is 13.6 Å². The molecule has 1 amide bonds. The van der Waals surface area contributed by atoms with E-state index in [-0.39, 0.29) is 12.0 Å². The van der Waals surface area contributed by atoms with Crippen molar-refractivity contribution in [3.63, 3.8) is 0 Å². The smallest absolute Gasteiger partial charge is 0.255 e. The number of hydrogen-bond acceptors (Lipinski definition) is 3. The van der Waals surface area contributed by atoms with Gasteiger partial charge >= 0.3 is 0 Å². The molecule has 1 heterocycles. The van der Waals surface area contributed by atoms with Gasteiger partial charge in [-0.3, -0.25) is 4.79 Å². The van der Waals surface area contributed by atoms with Crippen LogP contribution in [0.3, 0.4) is 0 Å². The Hall–Kier alpha value is -1.39. The van der Waals surface area contributed by atoms with Crippen molar-refractivity contribution in [1.29, 1.82) is 0 Å². The first kappa shape index (κ1) is 13.1. The van der Waals surface area contributed by atoms with Crippen LogP contribution in [0.4, 0.5) is 0 Å². The average Bonchev–Trinajstić information content (AvgIpc) is 2.78. The molecule has 0 spiro atoms. The number of hydrogen-bond donors (Lipinski definition) is 1. The summed E-state index contributed by atoms with van der Waals surface area (Å²) in [6.07, 6.45) is 0.226. The van der Waals surface area contributed by atoms with Crippen LogP contribution >= 0.6 is 11.3 Å². The molecule has 18 heavy (non-hydrogen) atoms. The van der Waals surface area contributed by atoms with Gasteiger partial charge in [-0.05, 0) is 19.4 Å². The molecule has 1 unspecified atom stereocenters. The molecule has 4 heteroatoms. The van der Waals surface area contributed by atoms with Gasteiger partial charge in [0.1, 0.15) is 0 Å². The largest absolute Gasteiger partial charge is 0.393 e. The summed E-state index contributed by atoms with van der Waals surface area (Å²) < 4.78 is 1.13. The lowest BCUT2D eigenvalue weighted by Gasteiger charge is -2.17. The molecule has 0 radical (unpaired) electrons. The van der Waals surface area contributed by atoms with Gasteiger partial charge < -0.3 is 10.0 Å². The van der Waals surface area contributed by atoms with Crippen LogP contribution in [0.25, 0.3) is 10.1 Å². The summed E-state index contributed by atoms with van der Waals surface area (Å²) in [6, 6.07) is 7.92. The predicted octanol–water partition coefficient (Wildman–Crippen LogP) is 2.74. The third kappa shape index (κ3) is 2.71. The van der Waals surface area contributed by atoms with Crippen LogP contribution in [0.2, 0.25) is 0 Å². The van der Waals surface area contributed by atoms with E-state index < -0.39 is 0 Å². The van der Waals surface area contributed by atoms with Gasteiger partial charge in [-0.1, -0.05) is 18.2 Å². The Morgan fingerprint density at radius 3 is 2.89 bits per heavy atom. The molecule has 1 atom stereocenters. The third-order valence-corrected chi connectivity index (χ3v) is 3.90. The Labute approximate surface area is 111 Å². The summed E-state index contributed by atoms with van der Waals surface area (Å²) >= 11 is 1.59. The highest BCUT2D eigenvalue weighted by atomic mass is 32.1. The van der Waals surface area contributed by atoms with E-state index in [1.807, 2.05) is 29.6 Å². The van der Waals surface area contributed by atoms with E-state index in [9.17, 15) is 9.90 Å². The maximum Gasteiger partial charge on any atom is 0.255 e. The molecule has 96 valence electrons. The summed E-state index contributed by atoms with van der Waals surface area (Å²) in [4.78, 5) is 14.0. The molecule has 0 aliphatic rings. The summed E-state index contributed by atoms with van der Waals surface area (Å²) in [5.74, 6) is 0.0214. The molecule has 1 aromatic heterocycles. The molecule has 0 fully saturated rings. The summed E-state index contributed by atoms with van der Waals surface area (Å²) in [6.45, 7) is 2.30. The molecule has 0 aliphatic heterocycles. The fourth-order valence-electron chi connectivity index (χ4n) is 1.83. The molecule has 1 N–H and O–H groups in total. The van der Waals surface area contributed by atoms with Gasteiger partial charge in [-0.2, -0.15) is 0 Å². The second kappa shape index (κ2) is 5.50. The Balaban J connectivity index is 2.18. The highest BCUT2D eigenvalue weighted by molar-refractivity contribution is 7.17. The molecule has 0 aliphatic carbocycles. The van der Waals surface area contributed by atoms with E-state index in [1.54, 1.807) is 30.2 Å².